The van der Waals surface area contributed by atoms with E-state index in [4.69, 9.17) is 21.1 Å². The summed E-state index contributed by atoms with van der Waals surface area (Å²) in [7, 11) is 1.58. The van der Waals surface area contributed by atoms with E-state index in [0.717, 1.165) is 11.3 Å². The number of rotatable bonds is 6. The van der Waals surface area contributed by atoms with Crippen LogP contribution in [-0.4, -0.2) is 19.1 Å². The van der Waals surface area contributed by atoms with Crippen molar-refractivity contribution in [3.05, 3.63) is 59.1 Å². The summed E-state index contributed by atoms with van der Waals surface area (Å²) in [6.07, 6.45) is -0.539. The van der Waals surface area contributed by atoms with Gasteiger partial charge in [0.1, 0.15) is 18.1 Å². The van der Waals surface area contributed by atoms with Crippen molar-refractivity contribution >= 4 is 17.5 Å². The highest BCUT2D eigenvalue weighted by Gasteiger charge is 2.12. The summed E-state index contributed by atoms with van der Waals surface area (Å²) in [5.41, 5.74) is 1.00. The van der Waals surface area contributed by atoms with Crippen LogP contribution in [0.15, 0.2) is 48.5 Å². The third kappa shape index (κ3) is 4.67. The average molecular weight is 320 g/mol. The van der Waals surface area contributed by atoms with Crippen molar-refractivity contribution < 1.29 is 14.3 Å². The Kier molecular flexibility index (Phi) is 5.67. The molecule has 0 bridgehead atoms. The van der Waals surface area contributed by atoms with Crippen molar-refractivity contribution in [2.45, 2.75) is 19.6 Å². The molecule has 1 atom stereocenters. The number of benzene rings is 2. The number of carbonyl (C=O) groups excluding carboxylic acids is 1. The van der Waals surface area contributed by atoms with E-state index in [0.29, 0.717) is 17.4 Å². The Morgan fingerprint density at radius 3 is 2.50 bits per heavy atom. The molecule has 0 aliphatic rings. The van der Waals surface area contributed by atoms with Gasteiger partial charge in [0.05, 0.1) is 0 Å². The fourth-order valence-electron chi connectivity index (χ4n) is 1.87. The van der Waals surface area contributed by atoms with E-state index in [2.05, 4.69) is 5.32 Å². The highest BCUT2D eigenvalue weighted by Crippen LogP contribution is 2.20. The number of likely N-dealkylation sites (N-methyl/N-ethyl adjacent to an activating group) is 1. The number of halogens is 1. The molecule has 4 nitrogen and oxygen atoms in total. The number of carbonyl (C=O) groups is 1. The highest BCUT2D eigenvalue weighted by atomic mass is 35.5. The topological polar surface area (TPSA) is 47.6 Å². The molecular formula is C17H18ClNO3. The molecular weight excluding hydrogens is 302 g/mol. The zero-order valence-electron chi connectivity index (χ0n) is 12.5. The molecule has 0 aliphatic carbocycles. The first kappa shape index (κ1) is 16.2. The Bertz CT molecular complexity index is 628. The largest absolute Gasteiger partial charge is 0.489 e. The van der Waals surface area contributed by atoms with E-state index >= 15 is 0 Å². The Morgan fingerprint density at radius 1 is 1.18 bits per heavy atom. The summed E-state index contributed by atoms with van der Waals surface area (Å²) in [6.45, 7) is 2.14. The predicted octanol–water partition coefficient (Wildman–Crippen LogP) is 3.43. The Balaban J connectivity index is 1.90. The molecule has 0 saturated carbocycles. The second-order valence-electron chi connectivity index (χ2n) is 4.76. The van der Waals surface area contributed by atoms with Crippen LogP contribution >= 0.6 is 11.6 Å². The van der Waals surface area contributed by atoms with E-state index in [1.165, 1.54) is 0 Å². The predicted molar refractivity (Wildman–Crippen MR) is 86.4 cm³/mol. The maximum atomic E-state index is 11.4. The summed E-state index contributed by atoms with van der Waals surface area (Å²) < 4.78 is 11.2. The molecule has 1 N–H and O–H groups in total. The summed E-state index contributed by atoms with van der Waals surface area (Å²) in [6, 6.07) is 14.7. The van der Waals surface area contributed by atoms with Gasteiger partial charge in [0.2, 0.25) is 0 Å². The fourth-order valence-corrected chi connectivity index (χ4v) is 2.08. The minimum Gasteiger partial charge on any atom is -0.489 e. The van der Waals surface area contributed by atoms with Gasteiger partial charge in [0.25, 0.3) is 5.91 Å². The molecule has 0 radical (unpaired) electrons. The van der Waals surface area contributed by atoms with Crippen LogP contribution in [0.4, 0.5) is 0 Å². The van der Waals surface area contributed by atoms with E-state index < -0.39 is 6.10 Å². The van der Waals surface area contributed by atoms with Crippen molar-refractivity contribution in [1.29, 1.82) is 0 Å². The van der Waals surface area contributed by atoms with Crippen LogP contribution in [0.25, 0.3) is 0 Å². The van der Waals surface area contributed by atoms with E-state index in [9.17, 15) is 4.79 Å². The number of amides is 1. The lowest BCUT2D eigenvalue weighted by Crippen LogP contribution is -2.33. The Labute approximate surface area is 135 Å². The molecule has 22 heavy (non-hydrogen) atoms. The minimum atomic E-state index is -0.539. The third-order valence-electron chi connectivity index (χ3n) is 3.05. The van der Waals surface area contributed by atoms with Crippen LogP contribution in [-0.2, 0) is 11.4 Å². The van der Waals surface area contributed by atoms with Gasteiger partial charge in [-0.15, -0.1) is 0 Å². The van der Waals surface area contributed by atoms with Gasteiger partial charge in [0, 0.05) is 12.1 Å². The summed E-state index contributed by atoms with van der Waals surface area (Å²) in [5, 5.41) is 3.23. The van der Waals surface area contributed by atoms with Crippen molar-refractivity contribution in [2.75, 3.05) is 7.05 Å². The molecule has 0 unspecified atom stereocenters. The van der Waals surface area contributed by atoms with Crippen molar-refractivity contribution in [1.82, 2.24) is 5.32 Å². The van der Waals surface area contributed by atoms with Crippen LogP contribution in [0.5, 0.6) is 11.5 Å². The first-order chi connectivity index (χ1) is 10.6. The maximum Gasteiger partial charge on any atom is 0.260 e. The zero-order chi connectivity index (χ0) is 15.9. The van der Waals surface area contributed by atoms with Crippen LogP contribution in [0.1, 0.15) is 12.5 Å². The minimum absolute atomic E-state index is 0.165. The molecule has 2 rings (SSSR count). The standard InChI is InChI=1S/C17H18ClNO3/c1-12(17(20)19-2)22-16-8-6-15(7-9-16)21-11-13-4-3-5-14(18)10-13/h3-10,12H,11H2,1-2H3,(H,19,20)/t12-/m1/s1. The molecule has 2 aromatic carbocycles. The maximum absolute atomic E-state index is 11.4. The molecule has 0 heterocycles. The number of nitrogens with one attached hydrogen (secondary N) is 1. The van der Waals surface area contributed by atoms with Crippen LogP contribution in [0, 0.1) is 0 Å². The van der Waals surface area contributed by atoms with Crippen molar-refractivity contribution in [2.24, 2.45) is 0 Å². The van der Waals surface area contributed by atoms with Gasteiger partial charge < -0.3 is 14.8 Å². The van der Waals surface area contributed by atoms with Gasteiger partial charge in [-0.05, 0) is 48.9 Å². The summed E-state index contributed by atoms with van der Waals surface area (Å²) in [5.74, 6) is 1.17. The molecule has 0 aliphatic heterocycles. The second-order valence-corrected chi connectivity index (χ2v) is 5.20. The van der Waals surface area contributed by atoms with Gasteiger partial charge in [0.15, 0.2) is 6.10 Å². The van der Waals surface area contributed by atoms with E-state index in [-0.39, 0.29) is 5.91 Å². The summed E-state index contributed by atoms with van der Waals surface area (Å²) >= 11 is 5.93. The smallest absolute Gasteiger partial charge is 0.260 e. The molecule has 1 amide bonds. The molecule has 0 aromatic heterocycles. The lowest BCUT2D eigenvalue weighted by Gasteiger charge is -2.13. The SMILES string of the molecule is CNC(=O)[C@@H](C)Oc1ccc(OCc2cccc(Cl)c2)cc1. The van der Waals surface area contributed by atoms with E-state index in [1.807, 2.05) is 24.3 Å². The zero-order valence-corrected chi connectivity index (χ0v) is 13.3. The van der Waals surface area contributed by atoms with Gasteiger partial charge in [-0.25, -0.2) is 0 Å². The van der Waals surface area contributed by atoms with Gasteiger partial charge in [-0.1, -0.05) is 23.7 Å². The molecule has 0 saturated heterocycles. The summed E-state index contributed by atoms with van der Waals surface area (Å²) in [4.78, 5) is 11.4. The molecule has 116 valence electrons. The Morgan fingerprint density at radius 2 is 1.86 bits per heavy atom. The monoisotopic (exact) mass is 319 g/mol. The van der Waals surface area contributed by atoms with Gasteiger partial charge in [-0.3, -0.25) is 4.79 Å². The quantitative estimate of drug-likeness (QED) is 0.887. The average Bonchev–Trinajstić information content (AvgIpc) is 2.53. The van der Waals surface area contributed by atoms with Gasteiger partial charge >= 0.3 is 0 Å². The van der Waals surface area contributed by atoms with Crippen molar-refractivity contribution in [3.8, 4) is 11.5 Å². The fraction of sp³-hybridized carbons (Fsp3) is 0.235. The normalized spacial score (nSPS) is 11.6. The lowest BCUT2D eigenvalue weighted by molar-refractivity contribution is -0.126. The van der Waals surface area contributed by atoms with Gasteiger partial charge in [-0.2, -0.15) is 0 Å². The number of hydrogen-bond acceptors (Lipinski definition) is 3. The number of hydrogen-bond donors (Lipinski definition) is 1. The first-order valence-corrected chi connectivity index (χ1v) is 7.32. The first-order valence-electron chi connectivity index (χ1n) is 6.94. The van der Waals surface area contributed by atoms with Crippen LogP contribution < -0.4 is 14.8 Å². The van der Waals surface area contributed by atoms with Crippen LogP contribution in [0.3, 0.4) is 0 Å². The second kappa shape index (κ2) is 7.71. The highest BCUT2D eigenvalue weighted by molar-refractivity contribution is 6.30. The van der Waals surface area contributed by atoms with Crippen LogP contribution in [0.2, 0.25) is 5.02 Å². The molecule has 5 heteroatoms. The van der Waals surface area contributed by atoms with Crippen molar-refractivity contribution in [3.63, 3.8) is 0 Å². The Hall–Kier alpha value is -2.20. The third-order valence-corrected chi connectivity index (χ3v) is 3.28. The lowest BCUT2D eigenvalue weighted by atomic mass is 10.2. The molecule has 0 spiro atoms. The number of ether oxygens (including phenoxy) is 2. The molecule has 0 fully saturated rings. The van der Waals surface area contributed by atoms with E-state index in [1.54, 1.807) is 38.2 Å². The molecule has 2 aromatic rings.